The zero-order valence-corrected chi connectivity index (χ0v) is 10.5. The minimum Gasteiger partial charge on any atom is -0.318 e. The predicted molar refractivity (Wildman–Crippen MR) is 57.4 cm³/mol. The molecule has 0 spiro atoms. The fraction of sp³-hybridized carbons (Fsp3) is 0.222. The van der Waals surface area contributed by atoms with Gasteiger partial charge in [-0.15, -0.1) is 0 Å². The van der Waals surface area contributed by atoms with E-state index in [2.05, 4.69) is 5.14 Å². The molecular formula is C9H6F6N2O3S. The van der Waals surface area contributed by atoms with Crippen LogP contribution in [0.25, 0.3) is 0 Å². The van der Waals surface area contributed by atoms with Crippen molar-refractivity contribution in [2.24, 2.45) is 5.14 Å². The van der Waals surface area contributed by atoms with E-state index in [0.717, 1.165) is 5.32 Å². The quantitative estimate of drug-likeness (QED) is 0.822. The Kier molecular flexibility index (Phi) is 4.25. The number of nitrogens with one attached hydrogen (secondary N) is 1. The summed E-state index contributed by atoms with van der Waals surface area (Å²) in [4.78, 5) is 10.1. The Balaban J connectivity index is 3.18. The second-order valence-corrected chi connectivity index (χ2v) is 5.27. The van der Waals surface area contributed by atoms with Crippen LogP contribution < -0.4 is 10.5 Å². The lowest BCUT2D eigenvalue weighted by Gasteiger charge is -2.19. The second-order valence-electron chi connectivity index (χ2n) is 3.71. The molecule has 5 nitrogen and oxygen atoms in total. The van der Waals surface area contributed by atoms with Gasteiger partial charge in [-0.25, -0.2) is 17.9 Å². The Morgan fingerprint density at radius 2 is 1.67 bits per heavy atom. The van der Waals surface area contributed by atoms with Crippen molar-refractivity contribution in [2.75, 3.05) is 5.32 Å². The van der Waals surface area contributed by atoms with Crippen molar-refractivity contribution in [3.8, 4) is 0 Å². The SMILES string of the molecule is NS(=O)(=O)c1ccc(F)c(NC(=O)C(F)(F)C(F)(F)F)c1. The van der Waals surface area contributed by atoms with Gasteiger partial charge in [0.1, 0.15) is 5.82 Å². The van der Waals surface area contributed by atoms with Crippen molar-refractivity contribution in [1.29, 1.82) is 0 Å². The molecule has 0 aliphatic carbocycles. The van der Waals surface area contributed by atoms with Crippen molar-refractivity contribution in [1.82, 2.24) is 0 Å². The van der Waals surface area contributed by atoms with Crippen LogP contribution in [0.5, 0.6) is 0 Å². The predicted octanol–water partition coefficient (Wildman–Crippen LogP) is 1.61. The highest BCUT2D eigenvalue weighted by Crippen LogP contribution is 2.36. The summed E-state index contributed by atoms with van der Waals surface area (Å²) >= 11 is 0. The summed E-state index contributed by atoms with van der Waals surface area (Å²) < 4.78 is 96.3. The van der Waals surface area contributed by atoms with Gasteiger partial charge in [-0.2, -0.15) is 22.0 Å². The molecule has 0 aromatic heterocycles. The molecule has 118 valence electrons. The summed E-state index contributed by atoms with van der Waals surface area (Å²) in [6.45, 7) is 0. The zero-order valence-electron chi connectivity index (χ0n) is 9.71. The highest BCUT2D eigenvalue weighted by atomic mass is 32.2. The van der Waals surface area contributed by atoms with E-state index < -0.39 is 44.4 Å². The van der Waals surface area contributed by atoms with E-state index in [4.69, 9.17) is 0 Å². The number of rotatable bonds is 3. The number of sulfonamides is 1. The monoisotopic (exact) mass is 336 g/mol. The van der Waals surface area contributed by atoms with E-state index in [1.807, 2.05) is 0 Å². The Morgan fingerprint density at radius 3 is 2.10 bits per heavy atom. The largest absolute Gasteiger partial charge is 0.463 e. The van der Waals surface area contributed by atoms with Crippen LogP contribution in [-0.4, -0.2) is 26.4 Å². The molecule has 0 saturated heterocycles. The van der Waals surface area contributed by atoms with Crippen LogP contribution in [0.15, 0.2) is 23.1 Å². The maximum absolute atomic E-state index is 13.2. The van der Waals surface area contributed by atoms with Crippen molar-refractivity contribution in [2.45, 2.75) is 17.0 Å². The topological polar surface area (TPSA) is 89.3 Å². The summed E-state index contributed by atoms with van der Waals surface area (Å²) in [7, 11) is -4.37. The lowest BCUT2D eigenvalue weighted by atomic mass is 10.2. The van der Waals surface area contributed by atoms with Crippen LogP contribution in [0.4, 0.5) is 32.0 Å². The maximum Gasteiger partial charge on any atom is 0.463 e. The fourth-order valence-electron chi connectivity index (χ4n) is 1.11. The number of alkyl halides is 5. The third-order valence-electron chi connectivity index (χ3n) is 2.16. The number of nitrogens with two attached hydrogens (primary N) is 1. The van der Waals surface area contributed by atoms with Crippen molar-refractivity contribution >= 4 is 21.6 Å². The van der Waals surface area contributed by atoms with E-state index in [1.165, 1.54) is 0 Å². The molecule has 0 saturated carbocycles. The van der Waals surface area contributed by atoms with Gasteiger partial charge in [-0.1, -0.05) is 0 Å². The fourth-order valence-corrected chi connectivity index (χ4v) is 1.65. The number of carbonyl (C=O) groups excluding carboxylic acids is 1. The molecule has 0 radical (unpaired) electrons. The average molecular weight is 336 g/mol. The minimum absolute atomic E-state index is 0.315. The molecule has 0 bridgehead atoms. The molecule has 1 aromatic carbocycles. The first kappa shape index (κ1) is 17.2. The molecule has 1 amide bonds. The minimum atomic E-state index is -6.19. The molecule has 21 heavy (non-hydrogen) atoms. The van der Waals surface area contributed by atoms with Gasteiger partial charge in [-0.3, -0.25) is 4.79 Å². The lowest BCUT2D eigenvalue weighted by Crippen LogP contribution is -2.47. The summed E-state index contributed by atoms with van der Waals surface area (Å²) in [5, 5.41) is 5.64. The smallest absolute Gasteiger partial charge is 0.318 e. The number of halogens is 6. The molecule has 3 N–H and O–H groups in total. The van der Waals surface area contributed by atoms with Gasteiger partial charge in [0.25, 0.3) is 0 Å². The first-order chi connectivity index (χ1) is 9.26. The van der Waals surface area contributed by atoms with Crippen molar-refractivity contribution in [3.63, 3.8) is 0 Å². The Bertz CT molecular complexity index is 671. The number of primary sulfonamides is 1. The number of hydrogen-bond acceptors (Lipinski definition) is 3. The van der Waals surface area contributed by atoms with Gasteiger partial charge in [0.2, 0.25) is 10.0 Å². The van der Waals surface area contributed by atoms with Gasteiger partial charge in [0.05, 0.1) is 10.6 Å². The van der Waals surface area contributed by atoms with E-state index >= 15 is 0 Å². The van der Waals surface area contributed by atoms with E-state index in [1.54, 1.807) is 0 Å². The first-order valence-corrected chi connectivity index (χ1v) is 6.40. The van der Waals surface area contributed by atoms with E-state index in [9.17, 15) is 39.6 Å². The molecule has 0 heterocycles. The van der Waals surface area contributed by atoms with Crippen LogP contribution >= 0.6 is 0 Å². The summed E-state index contributed by atoms with van der Waals surface area (Å²) in [6.07, 6.45) is -6.19. The highest BCUT2D eigenvalue weighted by Gasteiger charge is 2.63. The summed E-state index contributed by atoms with van der Waals surface area (Å²) in [5.74, 6) is -10.1. The van der Waals surface area contributed by atoms with Crippen LogP contribution in [0.3, 0.4) is 0 Å². The normalized spacial score (nSPS) is 13.1. The molecule has 1 aromatic rings. The molecular weight excluding hydrogens is 330 g/mol. The second kappa shape index (κ2) is 5.18. The number of amides is 1. The van der Waals surface area contributed by atoms with Gasteiger partial charge in [0.15, 0.2) is 0 Å². The van der Waals surface area contributed by atoms with Gasteiger partial charge >= 0.3 is 18.0 Å². The molecule has 0 fully saturated rings. The summed E-state index contributed by atoms with van der Waals surface area (Å²) in [6, 6.07) is 1.39. The number of anilines is 1. The Morgan fingerprint density at radius 1 is 1.14 bits per heavy atom. The number of carbonyl (C=O) groups is 1. The van der Waals surface area contributed by atoms with Gasteiger partial charge < -0.3 is 5.32 Å². The Labute approximate surface area is 113 Å². The third kappa shape index (κ3) is 3.64. The van der Waals surface area contributed by atoms with E-state index in [-0.39, 0.29) is 0 Å². The number of benzene rings is 1. The summed E-state index contributed by atoms with van der Waals surface area (Å²) in [5.41, 5.74) is -1.18. The first-order valence-electron chi connectivity index (χ1n) is 4.85. The van der Waals surface area contributed by atoms with Gasteiger partial charge in [-0.05, 0) is 18.2 Å². The number of hydrogen-bond donors (Lipinski definition) is 2. The van der Waals surface area contributed by atoms with Crippen molar-refractivity contribution in [3.05, 3.63) is 24.0 Å². The molecule has 0 aliphatic heterocycles. The highest BCUT2D eigenvalue weighted by molar-refractivity contribution is 7.89. The zero-order chi connectivity index (χ0) is 16.6. The molecule has 0 unspecified atom stereocenters. The van der Waals surface area contributed by atoms with Gasteiger partial charge in [0, 0.05) is 0 Å². The third-order valence-corrected chi connectivity index (χ3v) is 3.07. The molecule has 12 heteroatoms. The van der Waals surface area contributed by atoms with Crippen LogP contribution in [0.1, 0.15) is 0 Å². The standard InChI is InChI=1S/C9H6F6N2O3S/c10-5-2-1-4(21(16,19)20)3-6(5)17-7(18)8(11,12)9(13,14)15/h1-3H,(H,17,18)(H2,16,19,20). The van der Waals surface area contributed by atoms with Crippen LogP contribution in [0.2, 0.25) is 0 Å². The lowest BCUT2D eigenvalue weighted by molar-refractivity contribution is -0.267. The van der Waals surface area contributed by atoms with Crippen molar-refractivity contribution < 1.29 is 39.6 Å². The van der Waals surface area contributed by atoms with Crippen LogP contribution in [-0.2, 0) is 14.8 Å². The molecule has 1 rings (SSSR count). The maximum atomic E-state index is 13.2. The van der Waals surface area contributed by atoms with Crippen LogP contribution in [0, 0.1) is 5.82 Å². The average Bonchev–Trinajstić information content (AvgIpc) is 2.28. The molecule has 0 aliphatic rings. The molecule has 0 atom stereocenters. The Hall–Kier alpha value is -1.82. The van der Waals surface area contributed by atoms with E-state index in [0.29, 0.717) is 18.2 Å².